The van der Waals surface area contributed by atoms with Crippen molar-refractivity contribution in [1.29, 1.82) is 0 Å². The molecule has 0 bridgehead atoms. The fraction of sp³-hybridized carbons (Fsp3) is 0.292. The predicted octanol–water partition coefficient (Wildman–Crippen LogP) is 5.82. The van der Waals surface area contributed by atoms with Crippen LogP contribution in [0.1, 0.15) is 49.2 Å². The van der Waals surface area contributed by atoms with Crippen molar-refractivity contribution >= 4 is 50.8 Å². The van der Waals surface area contributed by atoms with Crippen molar-refractivity contribution in [2.75, 3.05) is 0 Å². The Balaban J connectivity index is 1.74. The quantitative estimate of drug-likeness (QED) is 0.469. The van der Waals surface area contributed by atoms with Crippen molar-refractivity contribution in [1.82, 2.24) is 4.90 Å². The molecule has 0 aliphatic carbocycles. The number of carbonyl (C=O) groups is 2. The minimum absolute atomic E-state index is 0.0328. The van der Waals surface area contributed by atoms with Gasteiger partial charge >= 0.3 is 5.97 Å². The number of halogens is 1. The van der Waals surface area contributed by atoms with Gasteiger partial charge in [-0.25, -0.2) is 4.79 Å². The Kier molecular flexibility index (Phi) is 7.79. The summed E-state index contributed by atoms with van der Waals surface area (Å²) < 4.78 is 6.63. The van der Waals surface area contributed by atoms with Crippen molar-refractivity contribution in [3.8, 4) is 5.75 Å². The van der Waals surface area contributed by atoms with E-state index in [1.807, 2.05) is 52.0 Å². The molecule has 0 unspecified atom stereocenters. The Morgan fingerprint density at radius 2 is 1.88 bits per heavy atom. The molecular weight excluding hydrogens is 492 g/mol. The third kappa shape index (κ3) is 5.81. The van der Waals surface area contributed by atoms with Gasteiger partial charge in [-0.3, -0.25) is 14.7 Å². The topological polar surface area (TPSA) is 79.2 Å². The monoisotopic (exact) mass is 516 g/mol. The molecule has 0 radical (unpaired) electrons. The maximum atomic E-state index is 12.9. The summed E-state index contributed by atoms with van der Waals surface area (Å²) in [7, 11) is 0. The van der Waals surface area contributed by atoms with E-state index < -0.39 is 5.97 Å². The van der Waals surface area contributed by atoms with Crippen LogP contribution in [0.5, 0.6) is 5.75 Å². The molecule has 1 aliphatic heterocycles. The second-order valence-electron chi connectivity index (χ2n) is 7.87. The molecule has 1 heterocycles. The average Bonchev–Trinajstić information content (AvgIpc) is 3.01. The summed E-state index contributed by atoms with van der Waals surface area (Å²) in [5.74, 6) is -0.334. The van der Waals surface area contributed by atoms with E-state index in [4.69, 9.17) is 9.84 Å². The molecule has 1 fully saturated rings. The number of amidine groups is 1. The predicted molar refractivity (Wildman–Crippen MR) is 132 cm³/mol. The molecule has 1 saturated heterocycles. The zero-order valence-corrected chi connectivity index (χ0v) is 20.7. The first kappa shape index (κ1) is 24.1. The van der Waals surface area contributed by atoms with Gasteiger partial charge in [0.25, 0.3) is 5.91 Å². The van der Waals surface area contributed by atoms with Gasteiger partial charge in [0.05, 0.1) is 14.9 Å². The van der Waals surface area contributed by atoms with Crippen molar-refractivity contribution < 1.29 is 19.4 Å². The van der Waals surface area contributed by atoms with E-state index in [0.717, 1.165) is 20.8 Å². The van der Waals surface area contributed by atoms with Crippen LogP contribution < -0.4 is 4.74 Å². The fourth-order valence-corrected chi connectivity index (χ4v) is 4.78. The molecule has 1 aliphatic rings. The lowest BCUT2D eigenvalue weighted by Gasteiger charge is -2.20. The number of carbonyl (C=O) groups excluding carboxylic acids is 1. The Labute approximate surface area is 200 Å². The number of aromatic carboxylic acids is 1. The van der Waals surface area contributed by atoms with Gasteiger partial charge in [0.1, 0.15) is 12.4 Å². The van der Waals surface area contributed by atoms with Gasteiger partial charge in [-0.05, 0) is 96.9 Å². The standard InChI is InChI=1S/C24H25BrN2O4S/c1-14(2)26-24-27(15(3)4)22(28)21(32-24)12-17-7-10-20(19(25)11-17)31-13-16-5-8-18(9-6-16)23(29)30/h5-12,14-15H,13H2,1-4H3,(H,29,30)/b21-12+,26-24?. The second kappa shape index (κ2) is 10.4. The van der Waals surface area contributed by atoms with Crippen LogP contribution in [0.4, 0.5) is 0 Å². The third-order valence-electron chi connectivity index (χ3n) is 4.57. The molecule has 8 heteroatoms. The van der Waals surface area contributed by atoms with E-state index in [-0.39, 0.29) is 23.6 Å². The van der Waals surface area contributed by atoms with Gasteiger partial charge in [0.2, 0.25) is 0 Å². The fourth-order valence-electron chi connectivity index (χ4n) is 3.03. The zero-order valence-electron chi connectivity index (χ0n) is 18.3. The van der Waals surface area contributed by atoms with Crippen LogP contribution >= 0.6 is 27.7 Å². The van der Waals surface area contributed by atoms with Gasteiger partial charge in [0.15, 0.2) is 5.17 Å². The first-order valence-corrected chi connectivity index (χ1v) is 11.8. The van der Waals surface area contributed by atoms with Crippen LogP contribution in [0, 0.1) is 0 Å². The number of nitrogens with zero attached hydrogens (tertiary/aromatic N) is 2. The highest BCUT2D eigenvalue weighted by atomic mass is 79.9. The van der Waals surface area contributed by atoms with Crippen LogP contribution in [0.15, 0.2) is 56.8 Å². The molecule has 32 heavy (non-hydrogen) atoms. The maximum absolute atomic E-state index is 12.9. The van der Waals surface area contributed by atoms with E-state index in [2.05, 4.69) is 20.9 Å². The summed E-state index contributed by atoms with van der Waals surface area (Å²) in [6.45, 7) is 8.26. The largest absolute Gasteiger partial charge is 0.488 e. The number of aliphatic imine (C=N–C) groups is 1. The molecule has 2 aromatic rings. The van der Waals surface area contributed by atoms with Gasteiger partial charge in [0, 0.05) is 12.1 Å². The van der Waals surface area contributed by atoms with E-state index in [0.29, 0.717) is 17.3 Å². The molecule has 0 aromatic heterocycles. The minimum Gasteiger partial charge on any atom is -0.488 e. The Hall–Kier alpha value is -2.58. The number of hydrogen-bond acceptors (Lipinski definition) is 5. The molecular formula is C24H25BrN2O4S. The first-order valence-electron chi connectivity index (χ1n) is 10.2. The Morgan fingerprint density at radius 3 is 2.44 bits per heavy atom. The lowest BCUT2D eigenvalue weighted by atomic mass is 10.1. The van der Waals surface area contributed by atoms with Crippen molar-refractivity contribution in [3.05, 3.63) is 68.5 Å². The van der Waals surface area contributed by atoms with E-state index >= 15 is 0 Å². The van der Waals surface area contributed by atoms with E-state index in [1.165, 1.54) is 11.8 Å². The Bertz CT molecular complexity index is 1080. The van der Waals surface area contributed by atoms with Crippen molar-refractivity contribution in [2.45, 2.75) is 46.4 Å². The first-order chi connectivity index (χ1) is 15.2. The number of amides is 1. The number of ether oxygens (including phenoxy) is 1. The number of carboxylic acids is 1. The van der Waals surface area contributed by atoms with Crippen molar-refractivity contribution in [2.24, 2.45) is 4.99 Å². The summed E-state index contributed by atoms with van der Waals surface area (Å²) in [5, 5.41) is 9.72. The maximum Gasteiger partial charge on any atom is 0.335 e. The normalized spacial score (nSPS) is 16.6. The summed E-state index contributed by atoms with van der Waals surface area (Å²) in [5.41, 5.74) is 1.98. The van der Waals surface area contributed by atoms with Crippen LogP contribution in [0.3, 0.4) is 0 Å². The summed E-state index contributed by atoms with van der Waals surface area (Å²) in [6.07, 6.45) is 1.87. The molecule has 3 rings (SSSR count). The average molecular weight is 517 g/mol. The van der Waals surface area contributed by atoms with Crippen LogP contribution in [-0.4, -0.2) is 39.1 Å². The van der Waals surface area contributed by atoms with Gasteiger partial charge in [-0.2, -0.15) is 0 Å². The van der Waals surface area contributed by atoms with Crippen molar-refractivity contribution in [3.63, 3.8) is 0 Å². The van der Waals surface area contributed by atoms with E-state index in [1.54, 1.807) is 29.2 Å². The third-order valence-corrected chi connectivity index (χ3v) is 6.19. The molecule has 0 spiro atoms. The molecule has 1 N–H and O–H groups in total. The van der Waals surface area contributed by atoms with Gasteiger partial charge in [-0.1, -0.05) is 18.2 Å². The molecule has 0 saturated carbocycles. The highest BCUT2D eigenvalue weighted by Crippen LogP contribution is 2.35. The van der Waals surface area contributed by atoms with Crippen LogP contribution in [0.25, 0.3) is 6.08 Å². The molecule has 0 atom stereocenters. The summed E-state index contributed by atoms with van der Waals surface area (Å²) in [4.78, 5) is 30.8. The molecule has 6 nitrogen and oxygen atoms in total. The lowest BCUT2D eigenvalue weighted by molar-refractivity contribution is -0.123. The minimum atomic E-state index is -0.956. The number of hydrogen-bond donors (Lipinski definition) is 1. The smallest absolute Gasteiger partial charge is 0.335 e. The number of carboxylic acid groups (broad SMARTS) is 1. The molecule has 1 amide bonds. The lowest BCUT2D eigenvalue weighted by Crippen LogP contribution is -2.35. The van der Waals surface area contributed by atoms with Crippen LogP contribution in [0.2, 0.25) is 0 Å². The van der Waals surface area contributed by atoms with Gasteiger partial charge in [-0.15, -0.1) is 0 Å². The zero-order chi connectivity index (χ0) is 23.4. The SMILES string of the molecule is CC(C)N=C1S/C(=C/c2ccc(OCc3ccc(C(=O)O)cc3)c(Br)c2)C(=O)N1C(C)C. The summed E-state index contributed by atoms with van der Waals surface area (Å²) >= 11 is 4.94. The highest BCUT2D eigenvalue weighted by molar-refractivity contribution is 9.10. The number of rotatable bonds is 7. The number of thioether (sulfide) groups is 1. The highest BCUT2D eigenvalue weighted by Gasteiger charge is 2.35. The van der Waals surface area contributed by atoms with Gasteiger partial charge < -0.3 is 9.84 Å². The Morgan fingerprint density at radius 1 is 1.19 bits per heavy atom. The number of benzene rings is 2. The van der Waals surface area contributed by atoms with E-state index in [9.17, 15) is 9.59 Å². The second-order valence-corrected chi connectivity index (χ2v) is 9.73. The van der Waals surface area contributed by atoms with Crippen LogP contribution in [-0.2, 0) is 11.4 Å². The summed E-state index contributed by atoms with van der Waals surface area (Å²) in [6, 6.07) is 12.4. The molecule has 168 valence electrons. The molecule has 2 aromatic carbocycles.